The van der Waals surface area contributed by atoms with Crippen LogP contribution >= 0.6 is 0 Å². The fraction of sp³-hybridized carbons (Fsp3) is 0.611. The standard InChI is InChI=1S/C18H27FN2O/c1-4-14-9-7-8-12-21(14)17(22)20-13-18(2,3)15-10-5-6-11-16(15)19/h5-6,10-11,14H,4,7-9,12-13H2,1-3H3,(H,20,22). The van der Waals surface area contributed by atoms with E-state index in [2.05, 4.69) is 12.2 Å². The maximum Gasteiger partial charge on any atom is 0.317 e. The third-order valence-electron chi connectivity index (χ3n) is 4.64. The molecule has 1 aromatic carbocycles. The summed E-state index contributed by atoms with van der Waals surface area (Å²) in [6.45, 7) is 7.29. The SMILES string of the molecule is CCC1CCCCN1C(=O)NCC(C)(C)c1ccccc1F. The van der Waals surface area contributed by atoms with Crippen LogP contribution in [-0.2, 0) is 5.41 Å². The summed E-state index contributed by atoms with van der Waals surface area (Å²) in [6, 6.07) is 7.10. The summed E-state index contributed by atoms with van der Waals surface area (Å²) in [7, 11) is 0. The lowest BCUT2D eigenvalue weighted by atomic mass is 9.84. The highest BCUT2D eigenvalue weighted by Gasteiger charge is 2.28. The van der Waals surface area contributed by atoms with Crippen LogP contribution in [0.15, 0.2) is 24.3 Å². The predicted octanol–water partition coefficient (Wildman–Crippen LogP) is 4.08. The molecule has 3 nitrogen and oxygen atoms in total. The van der Waals surface area contributed by atoms with Crippen molar-refractivity contribution in [2.45, 2.75) is 57.9 Å². The van der Waals surface area contributed by atoms with E-state index in [0.717, 1.165) is 25.8 Å². The van der Waals surface area contributed by atoms with E-state index in [4.69, 9.17) is 0 Å². The third-order valence-corrected chi connectivity index (χ3v) is 4.64. The minimum Gasteiger partial charge on any atom is -0.337 e. The highest BCUT2D eigenvalue weighted by molar-refractivity contribution is 5.74. The Balaban J connectivity index is 1.99. The molecule has 1 aromatic rings. The summed E-state index contributed by atoms with van der Waals surface area (Å²) in [5.74, 6) is -0.217. The zero-order chi connectivity index (χ0) is 16.2. The maximum atomic E-state index is 14.0. The first-order valence-electron chi connectivity index (χ1n) is 8.25. The molecule has 1 saturated heterocycles. The van der Waals surface area contributed by atoms with Crippen LogP contribution in [-0.4, -0.2) is 30.1 Å². The van der Waals surface area contributed by atoms with Crippen LogP contribution in [0.1, 0.15) is 52.0 Å². The Hall–Kier alpha value is -1.58. The zero-order valence-electron chi connectivity index (χ0n) is 13.9. The number of carbonyl (C=O) groups excluding carboxylic acids is 1. The van der Waals surface area contributed by atoms with Gasteiger partial charge in [-0.15, -0.1) is 0 Å². The number of amides is 2. The van der Waals surface area contributed by atoms with E-state index in [-0.39, 0.29) is 11.8 Å². The van der Waals surface area contributed by atoms with Gasteiger partial charge >= 0.3 is 6.03 Å². The molecule has 0 radical (unpaired) electrons. The van der Waals surface area contributed by atoms with E-state index in [1.54, 1.807) is 12.1 Å². The summed E-state index contributed by atoms with van der Waals surface area (Å²) in [5, 5.41) is 3.00. The Morgan fingerprint density at radius 1 is 1.36 bits per heavy atom. The fourth-order valence-electron chi connectivity index (χ4n) is 3.20. The minimum absolute atomic E-state index is 0.0176. The van der Waals surface area contributed by atoms with Crippen molar-refractivity contribution < 1.29 is 9.18 Å². The zero-order valence-corrected chi connectivity index (χ0v) is 13.9. The van der Waals surface area contributed by atoms with Gasteiger partial charge in [-0.1, -0.05) is 39.0 Å². The van der Waals surface area contributed by atoms with Crippen LogP contribution in [0, 0.1) is 5.82 Å². The Labute approximate surface area is 132 Å². The smallest absolute Gasteiger partial charge is 0.317 e. The van der Waals surface area contributed by atoms with Gasteiger partial charge in [-0.2, -0.15) is 0 Å². The lowest BCUT2D eigenvalue weighted by molar-refractivity contribution is 0.147. The first kappa shape index (κ1) is 16.8. The largest absolute Gasteiger partial charge is 0.337 e. The number of piperidine rings is 1. The molecule has 1 heterocycles. The van der Waals surface area contributed by atoms with Gasteiger partial charge in [-0.05, 0) is 37.3 Å². The Kier molecular flexibility index (Phi) is 5.43. The van der Waals surface area contributed by atoms with E-state index >= 15 is 0 Å². The monoisotopic (exact) mass is 306 g/mol. The van der Waals surface area contributed by atoms with Gasteiger partial charge in [0.05, 0.1) is 0 Å². The fourth-order valence-corrected chi connectivity index (χ4v) is 3.20. The molecule has 1 unspecified atom stereocenters. The molecular weight excluding hydrogens is 279 g/mol. The van der Waals surface area contributed by atoms with E-state index in [0.29, 0.717) is 18.2 Å². The number of likely N-dealkylation sites (tertiary alicyclic amines) is 1. The first-order chi connectivity index (χ1) is 10.5. The summed E-state index contributed by atoms with van der Waals surface area (Å²) in [6.07, 6.45) is 4.34. The average Bonchev–Trinajstić information content (AvgIpc) is 2.53. The number of benzene rings is 1. The van der Waals surface area contributed by atoms with Gasteiger partial charge in [0, 0.05) is 24.5 Å². The minimum atomic E-state index is -0.432. The molecule has 4 heteroatoms. The summed E-state index contributed by atoms with van der Waals surface area (Å²) in [4.78, 5) is 14.4. The van der Waals surface area contributed by atoms with Crippen molar-refractivity contribution in [2.75, 3.05) is 13.1 Å². The molecule has 2 rings (SSSR count). The summed E-state index contributed by atoms with van der Waals surface area (Å²) < 4.78 is 14.0. The molecule has 1 aliphatic rings. The van der Waals surface area contributed by atoms with Crippen molar-refractivity contribution in [1.82, 2.24) is 10.2 Å². The van der Waals surface area contributed by atoms with E-state index in [9.17, 15) is 9.18 Å². The van der Waals surface area contributed by atoms with Crippen molar-refractivity contribution >= 4 is 6.03 Å². The second-order valence-electron chi connectivity index (χ2n) is 6.77. The van der Waals surface area contributed by atoms with Gasteiger partial charge in [0.25, 0.3) is 0 Å². The maximum absolute atomic E-state index is 14.0. The number of rotatable bonds is 4. The summed E-state index contributed by atoms with van der Waals surface area (Å²) in [5.41, 5.74) is 0.208. The normalized spacial score (nSPS) is 19.1. The molecule has 0 spiro atoms. The Bertz CT molecular complexity index is 516. The highest BCUT2D eigenvalue weighted by Crippen LogP contribution is 2.25. The van der Waals surface area contributed by atoms with Crippen molar-refractivity contribution in [3.05, 3.63) is 35.6 Å². The third kappa shape index (κ3) is 3.79. The van der Waals surface area contributed by atoms with E-state index < -0.39 is 5.41 Å². The molecule has 0 aliphatic carbocycles. The van der Waals surface area contributed by atoms with E-state index in [1.807, 2.05) is 24.8 Å². The molecule has 122 valence electrons. The van der Waals surface area contributed by atoms with Gasteiger partial charge in [0.2, 0.25) is 0 Å². The second kappa shape index (κ2) is 7.12. The molecule has 1 aliphatic heterocycles. The van der Waals surface area contributed by atoms with Gasteiger partial charge in [0.1, 0.15) is 5.82 Å². The van der Waals surface area contributed by atoms with Gasteiger partial charge in [-0.3, -0.25) is 0 Å². The molecule has 0 saturated carbocycles. The lowest BCUT2D eigenvalue weighted by Crippen LogP contribution is -2.50. The van der Waals surface area contributed by atoms with Crippen LogP contribution in [0.5, 0.6) is 0 Å². The highest BCUT2D eigenvalue weighted by atomic mass is 19.1. The van der Waals surface area contributed by atoms with Crippen LogP contribution in [0.3, 0.4) is 0 Å². The number of carbonyl (C=O) groups is 1. The number of halogens is 1. The molecule has 0 aromatic heterocycles. The van der Waals surface area contributed by atoms with Gasteiger partial charge < -0.3 is 10.2 Å². The second-order valence-corrected chi connectivity index (χ2v) is 6.77. The molecule has 0 bridgehead atoms. The number of hydrogen-bond acceptors (Lipinski definition) is 1. The number of nitrogens with zero attached hydrogens (tertiary/aromatic N) is 1. The van der Waals surface area contributed by atoms with Crippen molar-refractivity contribution in [3.8, 4) is 0 Å². The van der Waals surface area contributed by atoms with Crippen LogP contribution < -0.4 is 5.32 Å². The van der Waals surface area contributed by atoms with Crippen molar-refractivity contribution in [2.24, 2.45) is 0 Å². The van der Waals surface area contributed by atoms with Crippen LogP contribution in [0.4, 0.5) is 9.18 Å². The molecule has 1 atom stereocenters. The Morgan fingerprint density at radius 2 is 2.09 bits per heavy atom. The quantitative estimate of drug-likeness (QED) is 0.893. The van der Waals surface area contributed by atoms with Crippen molar-refractivity contribution in [3.63, 3.8) is 0 Å². The molecule has 1 N–H and O–H groups in total. The molecule has 1 fully saturated rings. The predicted molar refractivity (Wildman–Crippen MR) is 87.5 cm³/mol. The molecule has 2 amide bonds. The average molecular weight is 306 g/mol. The van der Waals surface area contributed by atoms with E-state index in [1.165, 1.54) is 12.5 Å². The van der Waals surface area contributed by atoms with Crippen LogP contribution in [0.25, 0.3) is 0 Å². The number of hydrogen-bond donors (Lipinski definition) is 1. The number of nitrogens with one attached hydrogen (secondary N) is 1. The molecule has 22 heavy (non-hydrogen) atoms. The summed E-state index contributed by atoms with van der Waals surface area (Å²) >= 11 is 0. The topological polar surface area (TPSA) is 32.3 Å². The number of urea groups is 1. The lowest BCUT2D eigenvalue weighted by Gasteiger charge is -2.36. The van der Waals surface area contributed by atoms with Crippen LogP contribution in [0.2, 0.25) is 0 Å². The van der Waals surface area contributed by atoms with Gasteiger partial charge in [-0.25, -0.2) is 9.18 Å². The first-order valence-corrected chi connectivity index (χ1v) is 8.25. The van der Waals surface area contributed by atoms with Crippen molar-refractivity contribution in [1.29, 1.82) is 0 Å². The Morgan fingerprint density at radius 3 is 2.77 bits per heavy atom. The van der Waals surface area contributed by atoms with Gasteiger partial charge in [0.15, 0.2) is 0 Å². The molecular formula is C18H27FN2O.